The number of halogens is 1. The fourth-order valence-corrected chi connectivity index (χ4v) is 3.94. The van der Waals surface area contributed by atoms with Gasteiger partial charge in [0.15, 0.2) is 0 Å². The van der Waals surface area contributed by atoms with Crippen LogP contribution in [-0.4, -0.2) is 38.3 Å². The summed E-state index contributed by atoms with van der Waals surface area (Å²) in [5.41, 5.74) is 1.07. The van der Waals surface area contributed by atoms with Gasteiger partial charge in [-0.05, 0) is 62.7 Å². The Morgan fingerprint density at radius 3 is 2.41 bits per heavy atom. The molecule has 0 aliphatic heterocycles. The van der Waals surface area contributed by atoms with Crippen LogP contribution < -0.4 is 10.1 Å². The van der Waals surface area contributed by atoms with E-state index in [0.717, 1.165) is 6.42 Å². The first-order valence-corrected chi connectivity index (χ1v) is 11.3. The molecule has 2 rings (SSSR count). The molecule has 0 saturated heterocycles. The number of carbonyl (C=O) groups excluding carboxylic acids is 1. The summed E-state index contributed by atoms with van der Waals surface area (Å²) in [7, 11) is -2.23. The van der Waals surface area contributed by atoms with E-state index in [-0.39, 0.29) is 23.4 Å². The van der Waals surface area contributed by atoms with Gasteiger partial charge in [-0.2, -0.15) is 4.31 Å². The lowest BCUT2D eigenvalue weighted by atomic mass is 10.1. The summed E-state index contributed by atoms with van der Waals surface area (Å²) in [6.07, 6.45) is 0.817. The Kier molecular flexibility index (Phi) is 8.07. The average Bonchev–Trinajstić information content (AvgIpc) is 2.69. The molecular formula is C21H27ClN2O4S. The van der Waals surface area contributed by atoms with E-state index in [1.165, 1.54) is 35.6 Å². The standard InChI is InChI=1S/C21H27ClN2O4S/c1-5-15(3)23-21(25)16-7-12-20(28-6-2)17(13-16)14-24(4)29(26,27)19-10-8-18(22)9-11-19/h7-13,15H,5-6,14H2,1-4H3,(H,23,25)/t15-/m0/s1. The van der Waals surface area contributed by atoms with Crippen LogP contribution in [0.5, 0.6) is 5.75 Å². The number of hydrogen-bond acceptors (Lipinski definition) is 4. The molecule has 0 spiro atoms. The van der Waals surface area contributed by atoms with Gasteiger partial charge in [0.25, 0.3) is 5.91 Å². The highest BCUT2D eigenvalue weighted by Crippen LogP contribution is 2.25. The lowest BCUT2D eigenvalue weighted by Gasteiger charge is -2.20. The molecule has 0 fully saturated rings. The zero-order chi connectivity index (χ0) is 21.6. The number of benzene rings is 2. The third-order valence-corrected chi connectivity index (χ3v) is 6.60. The Bertz CT molecular complexity index is 946. The van der Waals surface area contributed by atoms with Crippen LogP contribution in [0.4, 0.5) is 0 Å². The molecule has 0 aromatic heterocycles. The summed E-state index contributed by atoms with van der Waals surface area (Å²) in [5.74, 6) is 0.345. The molecule has 0 radical (unpaired) electrons. The highest BCUT2D eigenvalue weighted by Gasteiger charge is 2.23. The predicted octanol–water partition coefficient (Wildman–Crippen LogP) is 4.09. The van der Waals surface area contributed by atoms with Gasteiger partial charge >= 0.3 is 0 Å². The van der Waals surface area contributed by atoms with Gasteiger partial charge in [0.2, 0.25) is 10.0 Å². The van der Waals surface area contributed by atoms with Crippen LogP contribution in [0, 0.1) is 0 Å². The molecule has 158 valence electrons. The van der Waals surface area contributed by atoms with Crippen molar-refractivity contribution in [2.75, 3.05) is 13.7 Å². The zero-order valence-corrected chi connectivity index (χ0v) is 18.7. The Hall–Kier alpha value is -2.09. The molecule has 0 aliphatic carbocycles. The van der Waals surface area contributed by atoms with Crippen LogP contribution in [0.2, 0.25) is 5.02 Å². The minimum Gasteiger partial charge on any atom is -0.494 e. The third kappa shape index (κ3) is 5.95. The van der Waals surface area contributed by atoms with Crippen molar-refractivity contribution in [3.8, 4) is 5.75 Å². The van der Waals surface area contributed by atoms with Crippen molar-refractivity contribution in [2.24, 2.45) is 0 Å². The summed E-state index contributed by atoms with van der Waals surface area (Å²) in [6.45, 7) is 6.26. The summed E-state index contributed by atoms with van der Waals surface area (Å²) in [5, 5.41) is 3.38. The van der Waals surface area contributed by atoms with Gasteiger partial charge in [-0.15, -0.1) is 0 Å². The topological polar surface area (TPSA) is 75.7 Å². The SMILES string of the molecule is CCOc1ccc(C(=O)N[C@@H](C)CC)cc1CN(C)S(=O)(=O)c1ccc(Cl)cc1. The van der Waals surface area contributed by atoms with Crippen molar-refractivity contribution >= 4 is 27.5 Å². The van der Waals surface area contributed by atoms with E-state index in [9.17, 15) is 13.2 Å². The molecular weight excluding hydrogens is 412 g/mol. The number of amides is 1. The van der Waals surface area contributed by atoms with E-state index in [0.29, 0.717) is 28.5 Å². The van der Waals surface area contributed by atoms with E-state index in [4.69, 9.17) is 16.3 Å². The molecule has 6 nitrogen and oxygen atoms in total. The predicted molar refractivity (Wildman–Crippen MR) is 115 cm³/mol. The Morgan fingerprint density at radius 2 is 1.83 bits per heavy atom. The summed E-state index contributed by atoms with van der Waals surface area (Å²) < 4.78 is 32.6. The minimum absolute atomic E-state index is 0.0467. The lowest BCUT2D eigenvalue weighted by molar-refractivity contribution is 0.0939. The van der Waals surface area contributed by atoms with Crippen molar-refractivity contribution < 1.29 is 17.9 Å². The molecule has 1 N–H and O–H groups in total. The van der Waals surface area contributed by atoms with Crippen molar-refractivity contribution in [1.29, 1.82) is 0 Å². The molecule has 0 bridgehead atoms. The highest BCUT2D eigenvalue weighted by molar-refractivity contribution is 7.89. The smallest absolute Gasteiger partial charge is 0.251 e. The number of sulfonamides is 1. The highest BCUT2D eigenvalue weighted by atomic mass is 35.5. The van der Waals surface area contributed by atoms with Crippen LogP contribution in [-0.2, 0) is 16.6 Å². The molecule has 1 amide bonds. The Balaban J connectivity index is 2.32. The molecule has 2 aromatic rings. The van der Waals surface area contributed by atoms with Crippen LogP contribution in [0.15, 0.2) is 47.4 Å². The van der Waals surface area contributed by atoms with E-state index in [1.807, 2.05) is 20.8 Å². The van der Waals surface area contributed by atoms with Gasteiger partial charge in [0.1, 0.15) is 5.75 Å². The molecule has 29 heavy (non-hydrogen) atoms. The van der Waals surface area contributed by atoms with Crippen molar-refractivity contribution in [1.82, 2.24) is 9.62 Å². The number of carbonyl (C=O) groups is 1. The normalized spacial score (nSPS) is 12.6. The molecule has 0 heterocycles. The van der Waals surface area contributed by atoms with E-state index in [2.05, 4.69) is 5.32 Å². The Labute approximate surface area is 177 Å². The summed E-state index contributed by atoms with van der Waals surface area (Å²) in [6, 6.07) is 11.1. The molecule has 0 saturated carbocycles. The summed E-state index contributed by atoms with van der Waals surface area (Å²) in [4.78, 5) is 12.6. The fourth-order valence-electron chi connectivity index (χ4n) is 2.66. The van der Waals surface area contributed by atoms with Crippen molar-refractivity contribution in [2.45, 2.75) is 44.7 Å². The number of nitrogens with one attached hydrogen (secondary N) is 1. The number of hydrogen-bond donors (Lipinski definition) is 1. The molecule has 2 aromatic carbocycles. The van der Waals surface area contributed by atoms with Crippen molar-refractivity contribution in [3.05, 3.63) is 58.6 Å². The quantitative estimate of drug-likeness (QED) is 0.639. The minimum atomic E-state index is -3.72. The monoisotopic (exact) mass is 438 g/mol. The van der Waals surface area contributed by atoms with Gasteiger partial charge in [-0.1, -0.05) is 18.5 Å². The van der Waals surface area contributed by atoms with Crippen LogP contribution in [0.3, 0.4) is 0 Å². The maximum Gasteiger partial charge on any atom is 0.251 e. The molecule has 0 aliphatic rings. The second-order valence-electron chi connectivity index (χ2n) is 6.75. The summed E-state index contributed by atoms with van der Waals surface area (Å²) >= 11 is 5.86. The first-order valence-electron chi connectivity index (χ1n) is 9.47. The van der Waals surface area contributed by atoms with E-state index in [1.54, 1.807) is 18.2 Å². The second-order valence-corrected chi connectivity index (χ2v) is 9.23. The maximum atomic E-state index is 12.9. The average molecular weight is 439 g/mol. The number of ether oxygens (including phenoxy) is 1. The van der Waals surface area contributed by atoms with Gasteiger partial charge in [0, 0.05) is 35.8 Å². The maximum absolute atomic E-state index is 12.9. The van der Waals surface area contributed by atoms with Crippen LogP contribution in [0.25, 0.3) is 0 Å². The van der Waals surface area contributed by atoms with Gasteiger partial charge in [-0.25, -0.2) is 8.42 Å². The van der Waals surface area contributed by atoms with Crippen LogP contribution >= 0.6 is 11.6 Å². The van der Waals surface area contributed by atoms with Crippen molar-refractivity contribution in [3.63, 3.8) is 0 Å². The second kappa shape index (κ2) is 10.1. The van der Waals surface area contributed by atoms with E-state index < -0.39 is 10.0 Å². The zero-order valence-electron chi connectivity index (χ0n) is 17.1. The molecule has 8 heteroatoms. The fraction of sp³-hybridized carbons (Fsp3) is 0.381. The lowest BCUT2D eigenvalue weighted by Crippen LogP contribution is -2.32. The third-order valence-electron chi connectivity index (χ3n) is 4.53. The van der Waals surface area contributed by atoms with Gasteiger partial charge in [0.05, 0.1) is 11.5 Å². The van der Waals surface area contributed by atoms with E-state index >= 15 is 0 Å². The Morgan fingerprint density at radius 1 is 1.17 bits per heavy atom. The largest absolute Gasteiger partial charge is 0.494 e. The van der Waals surface area contributed by atoms with Gasteiger partial charge in [-0.3, -0.25) is 4.79 Å². The number of rotatable bonds is 9. The van der Waals surface area contributed by atoms with Crippen LogP contribution in [0.1, 0.15) is 43.1 Å². The molecule has 0 unspecified atom stereocenters. The number of nitrogens with zero attached hydrogens (tertiary/aromatic N) is 1. The van der Waals surface area contributed by atoms with Gasteiger partial charge < -0.3 is 10.1 Å². The first-order chi connectivity index (χ1) is 13.7. The first kappa shape index (κ1) is 23.2. The molecule has 1 atom stereocenters.